The molecule has 0 saturated carbocycles. The zero-order valence-corrected chi connectivity index (χ0v) is 40.3. The quantitative estimate of drug-likeness (QED) is 0.146. The van der Waals surface area contributed by atoms with Crippen LogP contribution in [0.5, 0.6) is 0 Å². The molecule has 3 aromatic heterocycles. The summed E-state index contributed by atoms with van der Waals surface area (Å²) in [5.74, 6) is 0. The van der Waals surface area contributed by atoms with Gasteiger partial charge in [-0.25, -0.2) is 0 Å². The topological polar surface area (TPSA) is 22.8 Å². The number of rotatable bonds is 7. The van der Waals surface area contributed by atoms with E-state index < -0.39 is 0 Å². The molecule has 0 bridgehead atoms. The van der Waals surface area contributed by atoms with Crippen molar-refractivity contribution in [3.8, 4) is 67.0 Å². The third-order valence-corrected chi connectivity index (χ3v) is 15.4. The van der Waals surface area contributed by atoms with E-state index in [1.165, 1.54) is 98.2 Å². The monoisotopic (exact) mass is 939 g/mol. The van der Waals surface area contributed by atoms with Crippen molar-refractivity contribution in [2.24, 2.45) is 0 Å². The average Bonchev–Trinajstić information content (AvgIpc) is 4.00. The van der Waals surface area contributed by atoms with Gasteiger partial charge in [0, 0.05) is 56.4 Å². The van der Waals surface area contributed by atoms with E-state index in [9.17, 15) is 0 Å². The number of fused-ring (bicyclic) bond motifs is 9. The molecular weight excluding hydrogens is 895 g/mol. The van der Waals surface area contributed by atoms with Crippen molar-refractivity contribution in [1.29, 1.82) is 0 Å². The minimum Gasteiger partial charge on any atom is -0.309 e. The molecule has 0 radical (unpaired) electrons. The van der Waals surface area contributed by atoms with E-state index in [-0.39, 0.29) is 0 Å². The van der Waals surface area contributed by atoms with E-state index in [1.807, 2.05) is 12.4 Å². The summed E-state index contributed by atoms with van der Waals surface area (Å²) in [6.07, 6.45) is 3.96. The second-order valence-corrected chi connectivity index (χ2v) is 19.5. The number of hydrogen-bond acceptors (Lipinski definition) is 1. The molecule has 15 rings (SSSR count). The van der Waals surface area contributed by atoms with Crippen molar-refractivity contribution in [3.05, 3.63) is 273 Å². The molecule has 0 fully saturated rings. The summed E-state index contributed by atoms with van der Waals surface area (Å²) in [4.78, 5) is 4.81. The third kappa shape index (κ3) is 6.64. The van der Waals surface area contributed by atoms with E-state index in [0.29, 0.717) is 0 Å². The number of hydrogen-bond donors (Lipinski definition) is 0. The minimum atomic E-state index is 1.07. The lowest BCUT2D eigenvalue weighted by molar-refractivity contribution is 1.13. The molecule has 3 nitrogen and oxygen atoms in total. The Kier molecular flexibility index (Phi) is 9.57. The van der Waals surface area contributed by atoms with E-state index in [4.69, 9.17) is 4.98 Å². The average molecular weight is 940 g/mol. The maximum absolute atomic E-state index is 4.81. The largest absolute Gasteiger partial charge is 0.309 e. The molecule has 12 aromatic carbocycles. The molecule has 15 aromatic rings. The van der Waals surface area contributed by atoms with Gasteiger partial charge in [0.2, 0.25) is 0 Å². The minimum absolute atomic E-state index is 1.07. The first-order chi connectivity index (χ1) is 36.7. The highest BCUT2D eigenvalue weighted by molar-refractivity contribution is 6.23. The fraction of sp³-hybridized carbons (Fsp3) is 0. The van der Waals surface area contributed by atoms with Crippen LogP contribution in [-0.2, 0) is 0 Å². The molecule has 344 valence electrons. The summed E-state index contributed by atoms with van der Waals surface area (Å²) in [5.41, 5.74) is 18.6. The van der Waals surface area contributed by atoms with E-state index in [1.54, 1.807) is 0 Å². The van der Waals surface area contributed by atoms with Gasteiger partial charge in [0.1, 0.15) is 0 Å². The fourth-order valence-electron chi connectivity index (χ4n) is 12.0. The SMILES string of the molecule is c1ccc2c(-c3c4ccccc4c(-c4ccc(-c5cncc(-c6ccc(-c7cc(-n8c9ccccc9c9ccccc98)cc(-n8c9ccccc9c9ccccc98)c7)cc6)c5)cc4)c4ccccc34)cccc2c1. The van der Waals surface area contributed by atoms with Crippen molar-refractivity contribution in [3.63, 3.8) is 0 Å². The van der Waals surface area contributed by atoms with E-state index >= 15 is 0 Å². The maximum Gasteiger partial charge on any atom is 0.0541 e. The lowest BCUT2D eigenvalue weighted by atomic mass is 9.84. The normalized spacial score (nSPS) is 11.8. The highest BCUT2D eigenvalue weighted by atomic mass is 15.0. The highest BCUT2D eigenvalue weighted by Crippen LogP contribution is 2.46. The van der Waals surface area contributed by atoms with Gasteiger partial charge in [-0.05, 0) is 125 Å². The molecule has 3 heterocycles. The Morgan fingerprint density at radius 1 is 0.230 bits per heavy atom. The molecule has 0 spiro atoms. The van der Waals surface area contributed by atoms with Crippen LogP contribution in [-0.4, -0.2) is 14.1 Å². The molecule has 0 aliphatic carbocycles. The van der Waals surface area contributed by atoms with Crippen molar-refractivity contribution in [2.75, 3.05) is 0 Å². The molecule has 0 atom stereocenters. The van der Waals surface area contributed by atoms with Gasteiger partial charge in [-0.1, -0.05) is 212 Å². The molecular formula is C71H45N3. The fourth-order valence-corrected chi connectivity index (χ4v) is 12.0. The summed E-state index contributed by atoms with van der Waals surface area (Å²) < 4.78 is 4.86. The van der Waals surface area contributed by atoms with Crippen LogP contribution in [0.3, 0.4) is 0 Å². The number of aromatic nitrogens is 3. The Bertz CT molecular complexity index is 4410. The summed E-state index contributed by atoms with van der Waals surface area (Å²) in [7, 11) is 0. The molecule has 3 heteroatoms. The van der Waals surface area contributed by atoms with Crippen LogP contribution in [0.25, 0.3) is 143 Å². The van der Waals surface area contributed by atoms with Gasteiger partial charge in [0.15, 0.2) is 0 Å². The van der Waals surface area contributed by atoms with Crippen LogP contribution in [0.15, 0.2) is 273 Å². The van der Waals surface area contributed by atoms with E-state index in [0.717, 1.165) is 44.8 Å². The molecule has 0 saturated heterocycles. The third-order valence-electron chi connectivity index (χ3n) is 15.4. The predicted octanol–water partition coefficient (Wildman–Crippen LogP) is 19.1. The van der Waals surface area contributed by atoms with Crippen LogP contribution in [0.2, 0.25) is 0 Å². The van der Waals surface area contributed by atoms with Gasteiger partial charge in [0.25, 0.3) is 0 Å². The van der Waals surface area contributed by atoms with Crippen molar-refractivity contribution >= 4 is 75.9 Å². The lowest BCUT2D eigenvalue weighted by Crippen LogP contribution is -2.00. The Labute approximate surface area is 428 Å². The second-order valence-electron chi connectivity index (χ2n) is 19.5. The zero-order chi connectivity index (χ0) is 48.7. The van der Waals surface area contributed by atoms with Gasteiger partial charge >= 0.3 is 0 Å². The van der Waals surface area contributed by atoms with Gasteiger partial charge in [-0.3, -0.25) is 4.98 Å². The van der Waals surface area contributed by atoms with Gasteiger partial charge in [-0.2, -0.15) is 0 Å². The Morgan fingerprint density at radius 2 is 0.581 bits per heavy atom. The highest BCUT2D eigenvalue weighted by Gasteiger charge is 2.20. The first kappa shape index (κ1) is 41.9. The first-order valence-corrected chi connectivity index (χ1v) is 25.4. The molecule has 0 N–H and O–H groups in total. The number of pyridine rings is 1. The number of nitrogens with zero attached hydrogens (tertiary/aromatic N) is 3. The van der Waals surface area contributed by atoms with Crippen LogP contribution < -0.4 is 0 Å². The molecule has 0 aliphatic rings. The molecule has 74 heavy (non-hydrogen) atoms. The standard InChI is InChI=1S/C71H45N3/c1-2-18-56-49(16-1)17-15-27-61(56)71-64-25-5-3-23-62(64)70(63-24-4-6-26-65(63)71)50-38-36-48(37-39-50)53-40-52(44-72-45-53)47-34-32-46(33-35-47)51-41-54(73-66-28-11-7-19-57(66)58-20-8-12-29-67(58)73)43-55(42-51)74-68-30-13-9-21-59(68)60-22-10-14-31-69(60)74/h1-45H. The Morgan fingerprint density at radius 3 is 1.04 bits per heavy atom. The summed E-state index contributed by atoms with van der Waals surface area (Å²) in [6, 6.07) is 95.6. The van der Waals surface area contributed by atoms with Crippen LogP contribution in [0.4, 0.5) is 0 Å². The molecule has 0 amide bonds. The number of benzene rings is 12. The van der Waals surface area contributed by atoms with Crippen molar-refractivity contribution in [1.82, 2.24) is 14.1 Å². The first-order valence-electron chi connectivity index (χ1n) is 25.4. The Balaban J connectivity index is 0.808. The smallest absolute Gasteiger partial charge is 0.0541 e. The van der Waals surface area contributed by atoms with Crippen molar-refractivity contribution < 1.29 is 0 Å². The van der Waals surface area contributed by atoms with Crippen LogP contribution in [0.1, 0.15) is 0 Å². The predicted molar refractivity (Wildman–Crippen MR) is 313 cm³/mol. The maximum atomic E-state index is 4.81. The van der Waals surface area contributed by atoms with Gasteiger partial charge in [-0.15, -0.1) is 0 Å². The summed E-state index contributed by atoms with van der Waals surface area (Å²) in [6.45, 7) is 0. The lowest BCUT2D eigenvalue weighted by Gasteiger charge is -2.19. The van der Waals surface area contributed by atoms with Crippen LogP contribution in [0, 0.1) is 0 Å². The van der Waals surface area contributed by atoms with E-state index in [2.05, 4.69) is 270 Å². The Hall–Kier alpha value is -9.83. The number of para-hydroxylation sites is 4. The molecule has 0 unspecified atom stereocenters. The summed E-state index contributed by atoms with van der Waals surface area (Å²) in [5, 5.41) is 12.5. The van der Waals surface area contributed by atoms with Gasteiger partial charge < -0.3 is 9.13 Å². The summed E-state index contributed by atoms with van der Waals surface area (Å²) >= 11 is 0. The van der Waals surface area contributed by atoms with Gasteiger partial charge in [0.05, 0.1) is 22.1 Å². The second kappa shape index (κ2) is 16.9. The van der Waals surface area contributed by atoms with Crippen LogP contribution >= 0.6 is 0 Å². The van der Waals surface area contributed by atoms with Crippen molar-refractivity contribution in [2.45, 2.75) is 0 Å². The molecule has 0 aliphatic heterocycles. The zero-order valence-electron chi connectivity index (χ0n) is 40.3.